The van der Waals surface area contributed by atoms with E-state index in [1.54, 1.807) is 43.3 Å². The summed E-state index contributed by atoms with van der Waals surface area (Å²) in [5.41, 5.74) is 1.80. The number of nitrogens with one attached hydrogen (secondary N) is 2. The van der Waals surface area contributed by atoms with E-state index in [-0.39, 0.29) is 23.0 Å². The minimum absolute atomic E-state index is 0.102. The van der Waals surface area contributed by atoms with Gasteiger partial charge >= 0.3 is 0 Å². The fourth-order valence-corrected chi connectivity index (χ4v) is 3.47. The Labute approximate surface area is 164 Å². The van der Waals surface area contributed by atoms with Gasteiger partial charge in [-0.1, -0.05) is 25.1 Å². The number of carbonyl (C=O) groups is 2. The second-order valence-corrected chi connectivity index (χ2v) is 7.06. The van der Waals surface area contributed by atoms with Crippen molar-refractivity contribution in [2.45, 2.75) is 31.6 Å². The third-order valence-electron chi connectivity index (χ3n) is 5.22. The van der Waals surface area contributed by atoms with Crippen molar-refractivity contribution in [3.8, 4) is 0 Å². The third-order valence-corrected chi connectivity index (χ3v) is 5.22. The number of hydrogen-bond acceptors (Lipinski definition) is 3. The van der Waals surface area contributed by atoms with Crippen molar-refractivity contribution in [1.82, 2.24) is 5.32 Å². The third kappa shape index (κ3) is 4.75. The van der Waals surface area contributed by atoms with Gasteiger partial charge in [-0.25, -0.2) is 4.39 Å². The van der Waals surface area contributed by atoms with Crippen LogP contribution < -0.4 is 10.6 Å². The maximum absolute atomic E-state index is 13.3. The maximum atomic E-state index is 13.3. The standard InChI is InChI=1S/C22H25FN2O3/c1-2-20(26)25-19-5-3-4-16(14-19)21(27)24-15-22(10-12-28-13-11-22)17-6-8-18(23)9-7-17/h3-9,14H,2,10-13,15H2,1H3,(H,24,27)(H,25,26). The van der Waals surface area contributed by atoms with Gasteiger partial charge in [0.25, 0.3) is 5.91 Å². The zero-order valence-corrected chi connectivity index (χ0v) is 16.0. The van der Waals surface area contributed by atoms with E-state index >= 15 is 0 Å². The van der Waals surface area contributed by atoms with Crippen LogP contribution in [0.5, 0.6) is 0 Å². The van der Waals surface area contributed by atoms with Gasteiger partial charge in [-0.2, -0.15) is 0 Å². The predicted octanol–water partition coefficient (Wildman–Crippen LogP) is 3.65. The lowest BCUT2D eigenvalue weighted by Crippen LogP contribution is -2.44. The van der Waals surface area contributed by atoms with E-state index in [0.717, 1.165) is 18.4 Å². The van der Waals surface area contributed by atoms with Crippen molar-refractivity contribution in [2.24, 2.45) is 0 Å². The molecule has 1 aliphatic rings. The Kier molecular flexibility index (Phi) is 6.41. The van der Waals surface area contributed by atoms with Gasteiger partial charge in [0.1, 0.15) is 5.82 Å². The Balaban J connectivity index is 1.73. The highest BCUT2D eigenvalue weighted by Crippen LogP contribution is 2.34. The molecule has 1 fully saturated rings. The van der Waals surface area contributed by atoms with E-state index < -0.39 is 0 Å². The molecule has 1 heterocycles. The van der Waals surface area contributed by atoms with Crippen molar-refractivity contribution in [3.05, 3.63) is 65.5 Å². The molecule has 1 aliphatic heterocycles. The minimum atomic E-state index is -0.282. The van der Waals surface area contributed by atoms with Crippen LogP contribution in [0.15, 0.2) is 48.5 Å². The van der Waals surface area contributed by atoms with E-state index in [1.165, 1.54) is 12.1 Å². The molecule has 5 nitrogen and oxygen atoms in total. The molecule has 0 aliphatic carbocycles. The molecule has 0 spiro atoms. The molecule has 1 saturated heterocycles. The lowest BCUT2D eigenvalue weighted by Gasteiger charge is -2.38. The summed E-state index contributed by atoms with van der Waals surface area (Å²) in [6, 6.07) is 13.3. The molecule has 0 radical (unpaired) electrons. The van der Waals surface area contributed by atoms with Crippen LogP contribution in [0.1, 0.15) is 42.1 Å². The topological polar surface area (TPSA) is 67.4 Å². The van der Waals surface area contributed by atoms with Gasteiger partial charge in [0.05, 0.1) is 0 Å². The normalized spacial score (nSPS) is 15.6. The Bertz CT molecular complexity index is 830. The average molecular weight is 384 g/mol. The fraction of sp³-hybridized carbons (Fsp3) is 0.364. The monoisotopic (exact) mass is 384 g/mol. The number of anilines is 1. The van der Waals surface area contributed by atoms with Gasteiger partial charge in [-0.15, -0.1) is 0 Å². The van der Waals surface area contributed by atoms with E-state index in [4.69, 9.17) is 4.74 Å². The second kappa shape index (κ2) is 8.97. The van der Waals surface area contributed by atoms with Crippen LogP contribution in [0.25, 0.3) is 0 Å². The summed E-state index contributed by atoms with van der Waals surface area (Å²) < 4.78 is 18.8. The highest BCUT2D eigenvalue weighted by Gasteiger charge is 2.35. The largest absolute Gasteiger partial charge is 0.381 e. The lowest BCUT2D eigenvalue weighted by atomic mass is 9.74. The number of rotatable bonds is 6. The van der Waals surface area contributed by atoms with Crippen molar-refractivity contribution in [3.63, 3.8) is 0 Å². The van der Waals surface area contributed by atoms with Gasteiger partial charge in [0.2, 0.25) is 5.91 Å². The van der Waals surface area contributed by atoms with Crippen LogP contribution in [0.2, 0.25) is 0 Å². The molecule has 28 heavy (non-hydrogen) atoms. The van der Waals surface area contributed by atoms with Crippen LogP contribution in [-0.4, -0.2) is 31.6 Å². The highest BCUT2D eigenvalue weighted by molar-refractivity contribution is 5.97. The Hall–Kier alpha value is -2.73. The molecule has 0 aromatic heterocycles. The van der Waals surface area contributed by atoms with Crippen LogP contribution in [0.4, 0.5) is 10.1 Å². The van der Waals surface area contributed by atoms with Gasteiger partial charge in [0, 0.05) is 42.8 Å². The van der Waals surface area contributed by atoms with Crippen LogP contribution in [0, 0.1) is 5.82 Å². The molecule has 0 atom stereocenters. The average Bonchev–Trinajstić information content (AvgIpc) is 2.73. The van der Waals surface area contributed by atoms with Crippen molar-refractivity contribution in [1.29, 1.82) is 0 Å². The van der Waals surface area contributed by atoms with Gasteiger partial charge in [0.15, 0.2) is 0 Å². The molecule has 2 aromatic carbocycles. The van der Waals surface area contributed by atoms with Crippen LogP contribution in [0.3, 0.4) is 0 Å². The fourth-order valence-electron chi connectivity index (χ4n) is 3.47. The molecule has 148 valence electrons. The number of hydrogen-bond donors (Lipinski definition) is 2. The molecule has 0 unspecified atom stereocenters. The number of ether oxygens (including phenoxy) is 1. The first-order chi connectivity index (χ1) is 13.5. The number of halogens is 1. The molecular formula is C22H25FN2O3. The van der Waals surface area contributed by atoms with E-state index in [1.807, 2.05) is 0 Å². The van der Waals surface area contributed by atoms with Gasteiger partial charge < -0.3 is 15.4 Å². The van der Waals surface area contributed by atoms with Gasteiger partial charge in [-0.3, -0.25) is 9.59 Å². The van der Waals surface area contributed by atoms with Crippen molar-refractivity contribution >= 4 is 17.5 Å². The number of benzene rings is 2. The molecule has 3 rings (SSSR count). The molecular weight excluding hydrogens is 359 g/mol. The number of carbonyl (C=O) groups excluding carboxylic acids is 2. The summed E-state index contributed by atoms with van der Waals surface area (Å²) in [6.07, 6.45) is 1.88. The minimum Gasteiger partial charge on any atom is -0.381 e. The van der Waals surface area contributed by atoms with E-state index in [9.17, 15) is 14.0 Å². The van der Waals surface area contributed by atoms with Crippen LogP contribution >= 0.6 is 0 Å². The summed E-state index contributed by atoms with van der Waals surface area (Å²) in [4.78, 5) is 24.3. The SMILES string of the molecule is CCC(=O)Nc1cccc(C(=O)NCC2(c3ccc(F)cc3)CCOCC2)c1. The van der Waals surface area contributed by atoms with E-state index in [2.05, 4.69) is 10.6 Å². The molecule has 2 aromatic rings. The summed E-state index contributed by atoms with van der Waals surface area (Å²) >= 11 is 0. The van der Waals surface area contributed by atoms with E-state index in [0.29, 0.717) is 37.4 Å². The summed E-state index contributed by atoms with van der Waals surface area (Å²) in [7, 11) is 0. The van der Waals surface area contributed by atoms with Gasteiger partial charge in [-0.05, 0) is 48.7 Å². The maximum Gasteiger partial charge on any atom is 0.251 e. The van der Waals surface area contributed by atoms with Crippen molar-refractivity contribution in [2.75, 3.05) is 25.1 Å². The summed E-state index contributed by atoms with van der Waals surface area (Å²) in [5, 5.41) is 5.78. The Morgan fingerprint density at radius 3 is 2.50 bits per heavy atom. The number of amides is 2. The summed E-state index contributed by atoms with van der Waals surface area (Å²) in [5.74, 6) is -0.587. The molecule has 2 N–H and O–H groups in total. The first kappa shape index (κ1) is 20.0. The molecule has 2 amide bonds. The first-order valence-corrected chi connectivity index (χ1v) is 9.54. The lowest BCUT2D eigenvalue weighted by molar-refractivity contribution is -0.115. The zero-order valence-electron chi connectivity index (χ0n) is 16.0. The molecule has 6 heteroatoms. The van der Waals surface area contributed by atoms with Crippen molar-refractivity contribution < 1.29 is 18.7 Å². The smallest absolute Gasteiger partial charge is 0.251 e. The predicted molar refractivity (Wildman–Crippen MR) is 106 cm³/mol. The highest BCUT2D eigenvalue weighted by atomic mass is 19.1. The first-order valence-electron chi connectivity index (χ1n) is 9.54. The van der Waals surface area contributed by atoms with Crippen LogP contribution in [-0.2, 0) is 14.9 Å². The second-order valence-electron chi connectivity index (χ2n) is 7.06. The quantitative estimate of drug-likeness (QED) is 0.799. The summed E-state index contributed by atoms with van der Waals surface area (Å²) in [6.45, 7) is 3.42. The molecule has 0 bridgehead atoms. The molecule has 0 saturated carbocycles. The Morgan fingerprint density at radius 1 is 1.11 bits per heavy atom. The zero-order chi connectivity index (χ0) is 20.0. The Morgan fingerprint density at radius 2 is 1.82 bits per heavy atom.